The van der Waals surface area contributed by atoms with E-state index in [2.05, 4.69) is 19.2 Å². The Labute approximate surface area is 93.5 Å². The molecule has 0 aromatic carbocycles. The largest absolute Gasteiger partial charge is 0.394 e. The molecule has 2 atom stereocenters. The van der Waals surface area contributed by atoms with Gasteiger partial charge in [-0.3, -0.25) is 0 Å². The van der Waals surface area contributed by atoms with Crippen LogP contribution in [-0.2, 0) is 0 Å². The van der Waals surface area contributed by atoms with Crippen LogP contribution in [0.25, 0.3) is 0 Å². The van der Waals surface area contributed by atoms with Gasteiger partial charge in [-0.2, -0.15) is 0 Å². The Morgan fingerprint density at radius 1 is 1.27 bits per heavy atom. The third-order valence-corrected chi connectivity index (χ3v) is 4.25. The van der Waals surface area contributed by atoms with Crippen molar-refractivity contribution < 1.29 is 5.11 Å². The first-order valence-electron chi connectivity index (χ1n) is 6.56. The normalized spacial score (nSPS) is 37.2. The molecule has 0 aliphatic heterocycles. The van der Waals surface area contributed by atoms with Gasteiger partial charge >= 0.3 is 0 Å². The van der Waals surface area contributed by atoms with Crippen LogP contribution >= 0.6 is 0 Å². The van der Waals surface area contributed by atoms with E-state index in [0.29, 0.717) is 24.5 Å². The lowest BCUT2D eigenvalue weighted by molar-refractivity contribution is 0.0407. The summed E-state index contributed by atoms with van der Waals surface area (Å²) in [4.78, 5) is 0. The van der Waals surface area contributed by atoms with Gasteiger partial charge in [0, 0.05) is 11.6 Å². The van der Waals surface area contributed by atoms with Crippen LogP contribution in [0.4, 0.5) is 0 Å². The highest BCUT2D eigenvalue weighted by molar-refractivity contribution is 5.02. The van der Waals surface area contributed by atoms with Crippen molar-refractivity contribution in [1.29, 1.82) is 0 Å². The van der Waals surface area contributed by atoms with Crippen LogP contribution in [-0.4, -0.2) is 23.3 Å². The lowest BCUT2D eigenvalue weighted by Gasteiger charge is -2.46. The highest BCUT2D eigenvalue weighted by Crippen LogP contribution is 2.40. The molecule has 2 unspecified atom stereocenters. The van der Waals surface area contributed by atoms with E-state index >= 15 is 0 Å². The van der Waals surface area contributed by atoms with Gasteiger partial charge in [-0.15, -0.1) is 0 Å². The fourth-order valence-electron chi connectivity index (χ4n) is 3.29. The van der Waals surface area contributed by atoms with E-state index in [-0.39, 0.29) is 5.54 Å². The van der Waals surface area contributed by atoms with Crippen molar-refractivity contribution in [2.45, 2.75) is 64.0 Å². The average Bonchev–Trinajstić information content (AvgIpc) is 3.02. The second-order valence-corrected chi connectivity index (χ2v) is 5.83. The maximum Gasteiger partial charge on any atom is 0.0616 e. The second kappa shape index (κ2) is 4.42. The Bertz CT molecular complexity index is 213. The van der Waals surface area contributed by atoms with E-state index in [9.17, 15) is 5.11 Å². The molecular formula is C13H25NO. The minimum absolute atomic E-state index is 0.0492. The quantitative estimate of drug-likeness (QED) is 0.748. The number of hydrogen-bond donors (Lipinski definition) is 2. The van der Waals surface area contributed by atoms with E-state index in [1.54, 1.807) is 0 Å². The van der Waals surface area contributed by atoms with Gasteiger partial charge in [0.15, 0.2) is 0 Å². The van der Waals surface area contributed by atoms with Crippen LogP contribution < -0.4 is 5.32 Å². The average molecular weight is 211 g/mol. The van der Waals surface area contributed by atoms with Gasteiger partial charge in [-0.05, 0) is 37.5 Å². The lowest BCUT2D eigenvalue weighted by Crippen LogP contribution is -2.58. The SMILES string of the molecule is CC(C)C1CCCCC1(CO)NC1CC1. The van der Waals surface area contributed by atoms with Gasteiger partial charge < -0.3 is 10.4 Å². The first-order chi connectivity index (χ1) is 7.18. The first-order valence-corrected chi connectivity index (χ1v) is 6.56. The summed E-state index contributed by atoms with van der Waals surface area (Å²) >= 11 is 0. The Hall–Kier alpha value is -0.0800. The first kappa shape index (κ1) is 11.4. The van der Waals surface area contributed by atoms with Crippen molar-refractivity contribution in [3.05, 3.63) is 0 Å². The highest BCUT2D eigenvalue weighted by atomic mass is 16.3. The molecule has 2 rings (SSSR count). The van der Waals surface area contributed by atoms with Crippen LogP contribution in [0.3, 0.4) is 0 Å². The molecule has 2 nitrogen and oxygen atoms in total. The fraction of sp³-hybridized carbons (Fsp3) is 1.00. The molecule has 2 heteroatoms. The maximum absolute atomic E-state index is 9.78. The monoisotopic (exact) mass is 211 g/mol. The third-order valence-electron chi connectivity index (χ3n) is 4.25. The number of aliphatic hydroxyl groups excluding tert-OH is 1. The Kier molecular flexibility index (Phi) is 3.36. The Morgan fingerprint density at radius 3 is 2.53 bits per heavy atom. The van der Waals surface area contributed by atoms with Gasteiger partial charge in [-0.25, -0.2) is 0 Å². The van der Waals surface area contributed by atoms with Crippen molar-refractivity contribution in [1.82, 2.24) is 5.32 Å². The number of aliphatic hydroxyl groups is 1. The van der Waals surface area contributed by atoms with Crippen LogP contribution in [0.5, 0.6) is 0 Å². The highest BCUT2D eigenvalue weighted by Gasteiger charge is 2.44. The van der Waals surface area contributed by atoms with E-state index in [4.69, 9.17) is 0 Å². The predicted octanol–water partition coefficient (Wildman–Crippen LogP) is 2.32. The van der Waals surface area contributed by atoms with Gasteiger partial charge in [-0.1, -0.05) is 26.7 Å². The second-order valence-electron chi connectivity index (χ2n) is 5.83. The van der Waals surface area contributed by atoms with Gasteiger partial charge in [0.05, 0.1) is 6.61 Å². The van der Waals surface area contributed by atoms with Gasteiger partial charge in [0.1, 0.15) is 0 Å². The summed E-state index contributed by atoms with van der Waals surface area (Å²) in [7, 11) is 0. The van der Waals surface area contributed by atoms with Crippen molar-refractivity contribution in [3.8, 4) is 0 Å². The summed E-state index contributed by atoms with van der Waals surface area (Å²) < 4.78 is 0. The summed E-state index contributed by atoms with van der Waals surface area (Å²) in [5.41, 5.74) is 0.0492. The summed E-state index contributed by atoms with van der Waals surface area (Å²) in [6, 6.07) is 0.705. The molecule has 0 amide bonds. The van der Waals surface area contributed by atoms with Crippen LogP contribution in [0.1, 0.15) is 52.4 Å². The zero-order chi connectivity index (χ0) is 10.9. The van der Waals surface area contributed by atoms with Gasteiger partial charge in [0.2, 0.25) is 0 Å². The molecule has 15 heavy (non-hydrogen) atoms. The summed E-state index contributed by atoms with van der Waals surface area (Å²) in [6.07, 6.45) is 7.71. The van der Waals surface area contributed by atoms with E-state index in [0.717, 1.165) is 0 Å². The van der Waals surface area contributed by atoms with Crippen molar-refractivity contribution in [2.75, 3.05) is 6.61 Å². The number of rotatable bonds is 4. The molecule has 0 heterocycles. The Balaban J connectivity index is 2.09. The minimum atomic E-state index is 0.0492. The van der Waals surface area contributed by atoms with E-state index in [1.165, 1.54) is 38.5 Å². The van der Waals surface area contributed by atoms with Crippen molar-refractivity contribution in [3.63, 3.8) is 0 Å². The molecule has 2 fully saturated rings. The van der Waals surface area contributed by atoms with E-state index in [1.807, 2.05) is 0 Å². The number of hydrogen-bond acceptors (Lipinski definition) is 2. The molecule has 0 aromatic rings. The van der Waals surface area contributed by atoms with Crippen molar-refractivity contribution >= 4 is 0 Å². The molecule has 2 aliphatic rings. The third kappa shape index (κ3) is 2.36. The predicted molar refractivity (Wildman–Crippen MR) is 62.8 cm³/mol. The summed E-state index contributed by atoms with van der Waals surface area (Å²) in [5.74, 6) is 1.35. The van der Waals surface area contributed by atoms with Crippen LogP contribution in [0.2, 0.25) is 0 Å². The molecule has 0 spiro atoms. The lowest BCUT2D eigenvalue weighted by atomic mass is 9.68. The van der Waals surface area contributed by atoms with Crippen molar-refractivity contribution in [2.24, 2.45) is 11.8 Å². The van der Waals surface area contributed by atoms with Gasteiger partial charge in [0.25, 0.3) is 0 Å². The maximum atomic E-state index is 9.78. The molecule has 2 N–H and O–H groups in total. The minimum Gasteiger partial charge on any atom is -0.394 e. The molecule has 0 aromatic heterocycles. The zero-order valence-electron chi connectivity index (χ0n) is 10.1. The molecular weight excluding hydrogens is 186 g/mol. The number of nitrogens with one attached hydrogen (secondary N) is 1. The Morgan fingerprint density at radius 2 is 2.00 bits per heavy atom. The van der Waals surface area contributed by atoms with Crippen LogP contribution in [0, 0.1) is 11.8 Å². The fourth-order valence-corrected chi connectivity index (χ4v) is 3.29. The summed E-state index contributed by atoms with van der Waals surface area (Å²) in [6.45, 7) is 4.93. The summed E-state index contributed by atoms with van der Waals surface area (Å²) in [5, 5.41) is 13.5. The topological polar surface area (TPSA) is 32.3 Å². The molecule has 2 saturated carbocycles. The molecule has 0 saturated heterocycles. The molecule has 0 radical (unpaired) electrons. The van der Waals surface area contributed by atoms with E-state index < -0.39 is 0 Å². The molecule has 0 bridgehead atoms. The molecule has 2 aliphatic carbocycles. The standard InChI is InChI=1S/C13H25NO/c1-10(2)12-5-3-4-8-13(12,9-15)14-11-6-7-11/h10-12,14-15H,3-9H2,1-2H3. The zero-order valence-corrected chi connectivity index (χ0v) is 10.1. The molecule has 88 valence electrons. The smallest absolute Gasteiger partial charge is 0.0616 e. The van der Waals surface area contributed by atoms with Crippen LogP contribution in [0.15, 0.2) is 0 Å².